The number of hydrogen-bond acceptors (Lipinski definition) is 6. The fourth-order valence-corrected chi connectivity index (χ4v) is 4.03. The molecule has 0 radical (unpaired) electrons. The maximum Gasteiger partial charge on any atom is 0.416 e. The highest BCUT2D eigenvalue weighted by atomic mass is 35.5. The van der Waals surface area contributed by atoms with Crippen molar-refractivity contribution >= 4 is 50.7 Å². The summed E-state index contributed by atoms with van der Waals surface area (Å²) in [6.45, 7) is 0. The molecular formula is C20H12Cl2F3N3O6S. The molecule has 0 saturated heterocycles. The van der Waals surface area contributed by atoms with Crippen LogP contribution in [0.15, 0.2) is 60.7 Å². The first-order valence-electron chi connectivity index (χ1n) is 9.19. The van der Waals surface area contributed by atoms with Crippen LogP contribution in [0, 0.1) is 10.1 Å². The molecule has 0 saturated carbocycles. The average Bonchev–Trinajstić information content (AvgIpc) is 2.75. The van der Waals surface area contributed by atoms with E-state index in [0.717, 1.165) is 24.3 Å². The predicted molar refractivity (Wildman–Crippen MR) is 121 cm³/mol. The van der Waals surface area contributed by atoms with Crippen LogP contribution in [0.2, 0.25) is 10.0 Å². The van der Waals surface area contributed by atoms with E-state index in [4.69, 9.17) is 27.9 Å². The summed E-state index contributed by atoms with van der Waals surface area (Å²) in [7, 11) is -4.57. The van der Waals surface area contributed by atoms with E-state index in [0.29, 0.717) is 12.1 Å². The van der Waals surface area contributed by atoms with Gasteiger partial charge in [0.2, 0.25) is 0 Å². The van der Waals surface area contributed by atoms with Crippen molar-refractivity contribution in [2.24, 2.45) is 0 Å². The fourth-order valence-electron chi connectivity index (χ4n) is 2.70. The largest absolute Gasteiger partial charge is 0.456 e. The molecule has 35 heavy (non-hydrogen) atoms. The monoisotopic (exact) mass is 549 g/mol. The van der Waals surface area contributed by atoms with Gasteiger partial charge in [-0.2, -0.15) is 21.6 Å². The van der Waals surface area contributed by atoms with E-state index < -0.39 is 49.1 Å². The summed E-state index contributed by atoms with van der Waals surface area (Å²) in [4.78, 5) is 23.0. The summed E-state index contributed by atoms with van der Waals surface area (Å²) in [6, 6.07) is 10.7. The van der Waals surface area contributed by atoms with Gasteiger partial charge in [-0.25, -0.2) is 4.72 Å². The molecule has 2 N–H and O–H groups in total. The Morgan fingerprint density at radius 2 is 1.69 bits per heavy atom. The first kappa shape index (κ1) is 26.1. The summed E-state index contributed by atoms with van der Waals surface area (Å²) in [5, 5.41) is 11.0. The van der Waals surface area contributed by atoms with Crippen molar-refractivity contribution in [3.63, 3.8) is 0 Å². The maximum absolute atomic E-state index is 12.8. The third-order valence-corrected chi connectivity index (χ3v) is 5.81. The Hall–Kier alpha value is -3.55. The molecule has 0 atom stereocenters. The molecule has 9 nitrogen and oxygen atoms in total. The number of nitro groups is 1. The summed E-state index contributed by atoms with van der Waals surface area (Å²) in [5.74, 6) is -1.87. The van der Waals surface area contributed by atoms with Crippen LogP contribution >= 0.6 is 23.2 Å². The second-order valence-corrected chi connectivity index (χ2v) is 8.93. The lowest BCUT2D eigenvalue weighted by Gasteiger charge is -2.13. The van der Waals surface area contributed by atoms with Gasteiger partial charge in [-0.05, 0) is 36.4 Å². The van der Waals surface area contributed by atoms with E-state index in [1.54, 1.807) is 4.72 Å². The molecule has 1 amide bonds. The second-order valence-electron chi connectivity index (χ2n) is 6.70. The number of rotatable bonds is 7. The van der Waals surface area contributed by atoms with Crippen molar-refractivity contribution in [1.29, 1.82) is 0 Å². The molecule has 15 heteroatoms. The van der Waals surface area contributed by atoms with Gasteiger partial charge in [0.05, 0.1) is 26.2 Å². The molecule has 0 aromatic heterocycles. The third-order valence-electron chi connectivity index (χ3n) is 4.24. The molecule has 3 aromatic carbocycles. The van der Waals surface area contributed by atoms with Gasteiger partial charge in [0.25, 0.3) is 11.6 Å². The number of carbonyl (C=O) groups excluding carboxylic acids is 1. The predicted octanol–water partition coefficient (Wildman–Crippen LogP) is 5.80. The van der Waals surface area contributed by atoms with Crippen molar-refractivity contribution < 1.29 is 36.0 Å². The highest BCUT2D eigenvalue weighted by Gasteiger charge is 2.31. The maximum atomic E-state index is 12.8. The van der Waals surface area contributed by atoms with Crippen molar-refractivity contribution in [3.05, 3.63) is 92.0 Å². The minimum Gasteiger partial charge on any atom is -0.456 e. The van der Waals surface area contributed by atoms with Gasteiger partial charge >= 0.3 is 16.4 Å². The van der Waals surface area contributed by atoms with E-state index in [1.807, 2.05) is 4.72 Å². The van der Waals surface area contributed by atoms with Gasteiger partial charge in [0.15, 0.2) is 0 Å². The Balaban J connectivity index is 1.88. The van der Waals surface area contributed by atoms with E-state index in [9.17, 15) is 36.5 Å². The lowest BCUT2D eigenvalue weighted by molar-refractivity contribution is -0.385. The van der Waals surface area contributed by atoms with Gasteiger partial charge in [0.1, 0.15) is 17.1 Å². The Labute approximate surface area is 205 Å². The van der Waals surface area contributed by atoms with Crippen LogP contribution in [0.5, 0.6) is 11.5 Å². The van der Waals surface area contributed by atoms with Gasteiger partial charge < -0.3 is 4.74 Å². The molecule has 0 heterocycles. The van der Waals surface area contributed by atoms with Crippen molar-refractivity contribution in [3.8, 4) is 11.5 Å². The molecular weight excluding hydrogens is 538 g/mol. The van der Waals surface area contributed by atoms with Gasteiger partial charge in [-0.15, -0.1) is 0 Å². The zero-order valence-corrected chi connectivity index (χ0v) is 19.3. The quantitative estimate of drug-likeness (QED) is 0.283. The topological polar surface area (TPSA) is 128 Å². The van der Waals surface area contributed by atoms with E-state index >= 15 is 0 Å². The van der Waals surface area contributed by atoms with Gasteiger partial charge in [-0.3, -0.25) is 19.6 Å². The number of hydrogen-bond donors (Lipinski definition) is 2. The molecule has 3 rings (SSSR count). The number of benzene rings is 3. The smallest absolute Gasteiger partial charge is 0.416 e. The number of para-hydroxylation sites is 1. The Kier molecular flexibility index (Phi) is 7.43. The van der Waals surface area contributed by atoms with E-state index in [-0.39, 0.29) is 22.2 Å². The molecule has 3 aromatic rings. The van der Waals surface area contributed by atoms with Crippen LogP contribution in [0.1, 0.15) is 15.9 Å². The van der Waals surface area contributed by atoms with Crippen LogP contribution in [0.4, 0.5) is 24.5 Å². The average molecular weight is 550 g/mol. The van der Waals surface area contributed by atoms with Crippen molar-refractivity contribution in [2.75, 3.05) is 4.72 Å². The highest BCUT2D eigenvalue weighted by Crippen LogP contribution is 2.37. The summed E-state index contributed by atoms with van der Waals surface area (Å²) >= 11 is 11.7. The summed E-state index contributed by atoms with van der Waals surface area (Å²) < 4.78 is 72.1. The fraction of sp³-hybridized carbons (Fsp3) is 0.0500. The van der Waals surface area contributed by atoms with Crippen LogP contribution < -0.4 is 14.2 Å². The van der Waals surface area contributed by atoms with Crippen LogP contribution in [0.3, 0.4) is 0 Å². The number of amides is 1. The standard InChI is InChI=1S/C20H12Cl2F3N3O6S/c21-14-3-1-2-4-16(14)26-35(32,33)27-19(29)13-10-12(6-7-17(13)28(30)31)34-18-8-5-11(9-15(18)22)20(23,24)25/h1-10,26H,(H,27,29). The van der Waals surface area contributed by atoms with Crippen LogP contribution in [-0.4, -0.2) is 19.2 Å². The molecule has 184 valence electrons. The number of carbonyl (C=O) groups is 1. The first-order chi connectivity index (χ1) is 16.3. The Bertz CT molecular complexity index is 1420. The number of anilines is 1. The molecule has 0 fully saturated rings. The summed E-state index contributed by atoms with van der Waals surface area (Å²) in [6.07, 6.45) is -4.65. The van der Waals surface area contributed by atoms with Crippen molar-refractivity contribution in [2.45, 2.75) is 6.18 Å². The zero-order chi connectivity index (χ0) is 26.0. The van der Waals surface area contributed by atoms with Gasteiger partial charge in [-0.1, -0.05) is 35.3 Å². The van der Waals surface area contributed by atoms with Gasteiger partial charge in [0, 0.05) is 12.1 Å². The Morgan fingerprint density at radius 3 is 2.29 bits per heavy atom. The highest BCUT2D eigenvalue weighted by molar-refractivity contribution is 7.91. The number of halogens is 5. The van der Waals surface area contributed by atoms with Crippen LogP contribution in [-0.2, 0) is 16.4 Å². The summed E-state index contributed by atoms with van der Waals surface area (Å²) in [5.41, 5.74) is -2.56. The number of nitrogens with zero attached hydrogens (tertiary/aromatic N) is 1. The second kappa shape index (κ2) is 9.98. The molecule has 0 aliphatic rings. The SMILES string of the molecule is O=C(NS(=O)(=O)Nc1ccccc1Cl)c1cc(Oc2ccc(C(F)(F)F)cc2Cl)ccc1[N+](=O)[O-]. The third kappa shape index (κ3) is 6.53. The van der Waals surface area contributed by atoms with Crippen LogP contribution in [0.25, 0.3) is 0 Å². The molecule has 0 unspecified atom stereocenters. The number of nitrogens with one attached hydrogen (secondary N) is 2. The normalized spacial score (nSPS) is 11.6. The lowest BCUT2D eigenvalue weighted by Crippen LogP contribution is -2.35. The molecule has 0 spiro atoms. The van der Waals surface area contributed by atoms with E-state index in [2.05, 4.69) is 0 Å². The Morgan fingerprint density at radius 1 is 1.00 bits per heavy atom. The minimum absolute atomic E-state index is 0.0279. The molecule has 0 bridgehead atoms. The first-order valence-corrected chi connectivity index (χ1v) is 11.4. The zero-order valence-electron chi connectivity index (χ0n) is 17.0. The minimum atomic E-state index is -4.65. The lowest BCUT2D eigenvalue weighted by atomic mass is 10.1. The molecule has 0 aliphatic carbocycles. The van der Waals surface area contributed by atoms with E-state index in [1.165, 1.54) is 24.3 Å². The molecule has 0 aliphatic heterocycles. The van der Waals surface area contributed by atoms with Crippen molar-refractivity contribution in [1.82, 2.24) is 4.72 Å². The number of ether oxygens (including phenoxy) is 1. The number of nitro benzene ring substituents is 1. The number of alkyl halides is 3.